The SMILES string of the molecule is COc1ccc(CC(c2ccc(OC)cc2)c2n[nH]c(=S)o2)cc1. The fourth-order valence-corrected chi connectivity index (χ4v) is 2.70. The number of rotatable bonds is 6. The lowest BCUT2D eigenvalue weighted by atomic mass is 9.92. The number of hydrogen-bond acceptors (Lipinski definition) is 5. The molecule has 0 aliphatic rings. The lowest BCUT2D eigenvalue weighted by molar-refractivity contribution is 0.413. The van der Waals surface area contributed by atoms with E-state index in [1.54, 1.807) is 14.2 Å². The minimum atomic E-state index is -0.0442. The van der Waals surface area contributed by atoms with Crippen molar-refractivity contribution in [3.05, 3.63) is 70.4 Å². The van der Waals surface area contributed by atoms with E-state index in [2.05, 4.69) is 10.2 Å². The molecule has 0 bridgehead atoms. The van der Waals surface area contributed by atoms with Crippen LogP contribution in [-0.4, -0.2) is 24.4 Å². The summed E-state index contributed by atoms with van der Waals surface area (Å²) in [4.78, 5) is 0.276. The van der Waals surface area contributed by atoms with Gasteiger partial charge in [0.2, 0.25) is 5.89 Å². The minimum absolute atomic E-state index is 0.0442. The average molecular weight is 342 g/mol. The van der Waals surface area contributed by atoms with E-state index in [1.807, 2.05) is 48.5 Å². The highest BCUT2D eigenvalue weighted by molar-refractivity contribution is 7.71. The van der Waals surface area contributed by atoms with Gasteiger partial charge in [-0.3, -0.25) is 0 Å². The van der Waals surface area contributed by atoms with Crippen LogP contribution in [0.25, 0.3) is 0 Å². The summed E-state index contributed by atoms with van der Waals surface area (Å²) in [5.74, 6) is 2.17. The zero-order valence-corrected chi connectivity index (χ0v) is 14.3. The van der Waals surface area contributed by atoms with Gasteiger partial charge in [0.05, 0.1) is 20.1 Å². The molecule has 3 rings (SSSR count). The summed E-state index contributed by atoms with van der Waals surface area (Å²) >= 11 is 5.02. The first-order valence-electron chi connectivity index (χ1n) is 7.52. The van der Waals surface area contributed by atoms with Gasteiger partial charge >= 0.3 is 0 Å². The Morgan fingerprint density at radius 3 is 2.08 bits per heavy atom. The molecule has 124 valence electrons. The van der Waals surface area contributed by atoms with Crippen LogP contribution in [0.3, 0.4) is 0 Å². The molecule has 0 spiro atoms. The first kappa shape index (κ1) is 16.3. The molecule has 0 saturated heterocycles. The Bertz CT molecular complexity index is 838. The van der Waals surface area contributed by atoms with Gasteiger partial charge in [-0.05, 0) is 54.0 Å². The van der Waals surface area contributed by atoms with Gasteiger partial charge in [-0.2, -0.15) is 0 Å². The summed E-state index contributed by atoms with van der Waals surface area (Å²) in [7, 11) is 3.30. The third kappa shape index (κ3) is 3.65. The van der Waals surface area contributed by atoms with Crippen LogP contribution in [0.4, 0.5) is 0 Å². The maximum absolute atomic E-state index is 5.57. The topological polar surface area (TPSA) is 60.3 Å². The molecule has 0 aliphatic carbocycles. The molecule has 0 saturated carbocycles. The van der Waals surface area contributed by atoms with E-state index >= 15 is 0 Å². The lowest BCUT2D eigenvalue weighted by Crippen LogP contribution is -2.06. The highest BCUT2D eigenvalue weighted by Crippen LogP contribution is 2.29. The predicted octanol–water partition coefficient (Wildman–Crippen LogP) is 4.12. The summed E-state index contributed by atoms with van der Waals surface area (Å²) in [5, 5.41) is 6.91. The molecular formula is C18H18N2O3S. The number of methoxy groups -OCH3 is 2. The van der Waals surface area contributed by atoms with Crippen LogP contribution in [0.2, 0.25) is 0 Å². The second-order valence-corrected chi connectivity index (χ2v) is 5.70. The molecule has 0 aliphatic heterocycles. The largest absolute Gasteiger partial charge is 0.497 e. The highest BCUT2D eigenvalue weighted by Gasteiger charge is 2.20. The summed E-state index contributed by atoms with van der Waals surface area (Å²) < 4.78 is 16.0. The van der Waals surface area contributed by atoms with Gasteiger partial charge in [0.25, 0.3) is 4.84 Å². The van der Waals surface area contributed by atoms with E-state index < -0.39 is 0 Å². The van der Waals surface area contributed by atoms with Crippen molar-refractivity contribution in [2.75, 3.05) is 14.2 Å². The molecule has 2 aromatic carbocycles. The second kappa shape index (κ2) is 7.31. The molecule has 24 heavy (non-hydrogen) atoms. The van der Waals surface area contributed by atoms with Gasteiger partial charge in [-0.1, -0.05) is 24.3 Å². The molecule has 1 N–H and O–H groups in total. The van der Waals surface area contributed by atoms with E-state index in [9.17, 15) is 0 Å². The molecular weight excluding hydrogens is 324 g/mol. The van der Waals surface area contributed by atoms with E-state index in [-0.39, 0.29) is 10.8 Å². The Hall–Kier alpha value is -2.60. The lowest BCUT2D eigenvalue weighted by Gasteiger charge is -2.14. The molecule has 0 fully saturated rings. The van der Waals surface area contributed by atoms with Crippen LogP contribution in [0, 0.1) is 4.84 Å². The third-order valence-corrected chi connectivity index (χ3v) is 4.04. The fourth-order valence-electron chi connectivity index (χ4n) is 2.57. The van der Waals surface area contributed by atoms with E-state index in [4.69, 9.17) is 26.1 Å². The molecule has 5 nitrogen and oxygen atoms in total. The van der Waals surface area contributed by atoms with Gasteiger partial charge in [0.15, 0.2) is 0 Å². The zero-order chi connectivity index (χ0) is 16.9. The maximum atomic E-state index is 5.57. The van der Waals surface area contributed by atoms with Gasteiger partial charge in [0.1, 0.15) is 11.5 Å². The second-order valence-electron chi connectivity index (χ2n) is 5.33. The van der Waals surface area contributed by atoms with Crippen LogP contribution in [0.1, 0.15) is 22.9 Å². The first-order chi connectivity index (χ1) is 11.7. The number of nitrogens with zero attached hydrogens (tertiary/aromatic N) is 1. The highest BCUT2D eigenvalue weighted by atomic mass is 32.1. The van der Waals surface area contributed by atoms with Crippen molar-refractivity contribution in [3.63, 3.8) is 0 Å². The van der Waals surface area contributed by atoms with Gasteiger partial charge in [-0.25, -0.2) is 5.10 Å². The summed E-state index contributed by atoms with van der Waals surface area (Å²) in [6.07, 6.45) is 0.736. The molecule has 0 radical (unpaired) electrons. The quantitative estimate of drug-likeness (QED) is 0.683. The van der Waals surface area contributed by atoms with Crippen molar-refractivity contribution in [2.45, 2.75) is 12.3 Å². The Kier molecular flexibility index (Phi) is 4.96. The van der Waals surface area contributed by atoms with Crippen LogP contribution >= 0.6 is 12.2 Å². The van der Waals surface area contributed by atoms with Crippen LogP contribution in [0.5, 0.6) is 11.5 Å². The average Bonchev–Trinajstić information content (AvgIpc) is 3.06. The Balaban J connectivity index is 1.93. The van der Waals surface area contributed by atoms with Crippen molar-refractivity contribution in [2.24, 2.45) is 0 Å². The number of H-pyrrole nitrogens is 1. The number of benzene rings is 2. The number of aromatic nitrogens is 2. The number of ether oxygens (including phenoxy) is 2. The summed E-state index contributed by atoms with van der Waals surface area (Å²) in [6.45, 7) is 0. The number of aromatic amines is 1. The minimum Gasteiger partial charge on any atom is -0.497 e. The van der Waals surface area contributed by atoms with E-state index in [0.717, 1.165) is 29.0 Å². The normalized spacial score (nSPS) is 11.9. The van der Waals surface area contributed by atoms with Crippen molar-refractivity contribution in [3.8, 4) is 11.5 Å². The van der Waals surface area contributed by atoms with Gasteiger partial charge in [0, 0.05) is 0 Å². The molecule has 1 aromatic heterocycles. The monoisotopic (exact) mass is 342 g/mol. The summed E-state index contributed by atoms with van der Waals surface area (Å²) in [6, 6.07) is 15.9. The van der Waals surface area contributed by atoms with Crippen molar-refractivity contribution >= 4 is 12.2 Å². The molecule has 1 heterocycles. The van der Waals surface area contributed by atoms with Gasteiger partial charge in [-0.15, -0.1) is 5.10 Å². The van der Waals surface area contributed by atoms with Gasteiger partial charge < -0.3 is 13.9 Å². The molecule has 1 unspecified atom stereocenters. The van der Waals surface area contributed by atoms with Crippen LogP contribution in [-0.2, 0) is 6.42 Å². The first-order valence-corrected chi connectivity index (χ1v) is 7.92. The Morgan fingerprint density at radius 2 is 1.58 bits per heavy atom. The van der Waals surface area contributed by atoms with Crippen LogP contribution in [0.15, 0.2) is 52.9 Å². The number of nitrogens with one attached hydrogen (secondary N) is 1. The fraction of sp³-hybridized carbons (Fsp3) is 0.222. The van der Waals surface area contributed by atoms with Crippen molar-refractivity contribution in [1.29, 1.82) is 0 Å². The third-order valence-electron chi connectivity index (χ3n) is 3.87. The maximum Gasteiger partial charge on any atom is 0.284 e. The zero-order valence-electron chi connectivity index (χ0n) is 13.5. The molecule has 1 atom stereocenters. The summed E-state index contributed by atoms with van der Waals surface area (Å²) in [5.41, 5.74) is 2.23. The Labute approximate surface area is 145 Å². The number of hydrogen-bond donors (Lipinski definition) is 1. The van der Waals surface area contributed by atoms with Crippen molar-refractivity contribution < 1.29 is 13.9 Å². The smallest absolute Gasteiger partial charge is 0.284 e. The van der Waals surface area contributed by atoms with E-state index in [0.29, 0.717) is 5.89 Å². The van der Waals surface area contributed by atoms with Crippen LogP contribution < -0.4 is 9.47 Å². The predicted molar refractivity (Wildman–Crippen MR) is 93.2 cm³/mol. The molecule has 6 heteroatoms. The molecule has 3 aromatic rings. The molecule has 0 amide bonds. The van der Waals surface area contributed by atoms with E-state index in [1.165, 1.54) is 0 Å². The van der Waals surface area contributed by atoms with Crippen molar-refractivity contribution in [1.82, 2.24) is 10.2 Å². The standard InChI is InChI=1S/C18H18N2O3S/c1-21-14-7-3-12(4-8-14)11-16(17-19-20-18(24)23-17)13-5-9-15(22-2)10-6-13/h3-10,16H,11H2,1-2H3,(H,20,24). The Morgan fingerprint density at radius 1 is 1.00 bits per heavy atom.